The molecule has 0 aliphatic carbocycles. The summed E-state index contributed by atoms with van der Waals surface area (Å²) in [5, 5.41) is 1.73. The summed E-state index contributed by atoms with van der Waals surface area (Å²) in [7, 11) is 0. The largest absolute Gasteiger partial charge is 0.405 e. The van der Waals surface area contributed by atoms with Crippen molar-refractivity contribution in [3.63, 3.8) is 0 Å². The fraction of sp³-hybridized carbons (Fsp3) is 0.857. The average molecular weight is 267 g/mol. The highest BCUT2D eigenvalue weighted by atomic mass is 35.5. The van der Waals surface area contributed by atoms with E-state index in [-0.39, 0.29) is 12.4 Å². The van der Waals surface area contributed by atoms with E-state index in [0.29, 0.717) is 12.2 Å². The first-order chi connectivity index (χ1) is 6.37. The first-order valence-corrected chi connectivity index (χ1v) is 5.35. The van der Waals surface area contributed by atoms with Crippen molar-refractivity contribution >= 4 is 30.1 Å². The fourth-order valence-corrected chi connectivity index (χ4v) is 1.18. The summed E-state index contributed by atoms with van der Waals surface area (Å²) in [5.41, 5.74) is 5.34. The zero-order chi connectivity index (χ0) is 11.2. The van der Waals surface area contributed by atoms with Crippen LogP contribution in [-0.2, 0) is 4.79 Å². The van der Waals surface area contributed by atoms with Gasteiger partial charge in [0.1, 0.15) is 6.54 Å². The molecule has 0 spiro atoms. The van der Waals surface area contributed by atoms with Crippen LogP contribution in [0.4, 0.5) is 13.2 Å². The number of thioether (sulfide) groups is 1. The monoisotopic (exact) mass is 266 g/mol. The summed E-state index contributed by atoms with van der Waals surface area (Å²) in [6.07, 6.45) is -2.17. The number of nitrogens with one attached hydrogen (secondary N) is 1. The van der Waals surface area contributed by atoms with Crippen LogP contribution in [-0.4, -0.2) is 36.7 Å². The lowest BCUT2D eigenvalue weighted by molar-refractivity contribution is -0.139. The van der Waals surface area contributed by atoms with Gasteiger partial charge in [0.2, 0.25) is 5.91 Å². The molecule has 0 aromatic heterocycles. The van der Waals surface area contributed by atoms with E-state index in [4.69, 9.17) is 5.73 Å². The highest BCUT2D eigenvalue weighted by molar-refractivity contribution is 7.98. The molecule has 0 fully saturated rings. The van der Waals surface area contributed by atoms with Crippen LogP contribution in [0.25, 0.3) is 0 Å². The predicted molar refractivity (Wildman–Crippen MR) is 57.3 cm³/mol. The molecule has 0 saturated heterocycles. The van der Waals surface area contributed by atoms with Crippen molar-refractivity contribution in [3.05, 3.63) is 0 Å². The lowest BCUT2D eigenvalue weighted by Gasteiger charge is -2.12. The Balaban J connectivity index is 0. The molecule has 0 rings (SSSR count). The van der Waals surface area contributed by atoms with Crippen molar-refractivity contribution in [1.82, 2.24) is 5.32 Å². The van der Waals surface area contributed by atoms with Crippen molar-refractivity contribution in [1.29, 1.82) is 0 Å². The molecule has 1 amide bonds. The molecule has 0 unspecified atom stereocenters. The fourth-order valence-electron chi connectivity index (χ4n) is 0.694. The van der Waals surface area contributed by atoms with Crippen molar-refractivity contribution in [3.8, 4) is 0 Å². The first kappa shape index (κ1) is 17.3. The first-order valence-electron chi connectivity index (χ1n) is 3.96. The Morgan fingerprint density at radius 3 is 2.47 bits per heavy atom. The van der Waals surface area contributed by atoms with E-state index in [1.807, 2.05) is 6.26 Å². The predicted octanol–water partition coefficient (Wildman–Crippen LogP) is 1.17. The third-order valence-electron chi connectivity index (χ3n) is 1.43. The maximum atomic E-state index is 11.7. The lowest BCUT2D eigenvalue weighted by atomic mass is 10.2. The van der Waals surface area contributed by atoms with Crippen LogP contribution < -0.4 is 11.1 Å². The standard InChI is InChI=1S/C7H13F3N2OS.ClH/c1-14-3-2-5(11)6(13)12-4-7(8,9)10;/h5H,2-4,11H2,1H3,(H,12,13);1H/t5-;/m1./s1. The maximum absolute atomic E-state index is 11.7. The number of carbonyl (C=O) groups excluding carboxylic acids is 1. The molecule has 8 heteroatoms. The SMILES string of the molecule is CSCC[C@@H](N)C(=O)NCC(F)(F)F.Cl. The van der Waals surface area contributed by atoms with Gasteiger partial charge in [-0.2, -0.15) is 24.9 Å². The van der Waals surface area contributed by atoms with Crippen molar-refractivity contribution < 1.29 is 18.0 Å². The van der Waals surface area contributed by atoms with Crippen LogP contribution in [0.3, 0.4) is 0 Å². The number of rotatable bonds is 5. The van der Waals surface area contributed by atoms with Crippen molar-refractivity contribution in [2.75, 3.05) is 18.6 Å². The van der Waals surface area contributed by atoms with Gasteiger partial charge in [-0.1, -0.05) is 0 Å². The lowest BCUT2D eigenvalue weighted by Crippen LogP contribution is -2.44. The van der Waals surface area contributed by atoms with Crippen LogP contribution in [0.15, 0.2) is 0 Å². The molecule has 15 heavy (non-hydrogen) atoms. The molecule has 0 saturated carbocycles. The molecule has 0 aliphatic rings. The van der Waals surface area contributed by atoms with Gasteiger partial charge >= 0.3 is 6.18 Å². The minimum atomic E-state index is -4.38. The smallest absolute Gasteiger partial charge is 0.346 e. The molecule has 92 valence electrons. The van der Waals surface area contributed by atoms with E-state index in [1.165, 1.54) is 11.8 Å². The Labute approximate surface area is 96.8 Å². The summed E-state index contributed by atoms with van der Waals surface area (Å²) < 4.78 is 35.0. The van der Waals surface area contributed by atoms with Crippen molar-refractivity contribution in [2.24, 2.45) is 5.73 Å². The maximum Gasteiger partial charge on any atom is 0.405 e. The minimum absolute atomic E-state index is 0. The molecule has 0 aromatic rings. The van der Waals surface area contributed by atoms with Crippen molar-refractivity contribution in [2.45, 2.75) is 18.6 Å². The van der Waals surface area contributed by atoms with Crippen LogP contribution in [0.2, 0.25) is 0 Å². The Bertz CT molecular complexity index is 192. The third kappa shape index (κ3) is 10.1. The van der Waals surface area contributed by atoms with Gasteiger partial charge in [-0.25, -0.2) is 0 Å². The van der Waals surface area contributed by atoms with Gasteiger partial charge in [0, 0.05) is 0 Å². The average Bonchev–Trinajstić information content (AvgIpc) is 2.09. The van der Waals surface area contributed by atoms with Gasteiger partial charge in [-0.3, -0.25) is 4.79 Å². The Morgan fingerprint density at radius 1 is 1.53 bits per heavy atom. The van der Waals surface area contributed by atoms with Crippen LogP contribution in [0.5, 0.6) is 0 Å². The minimum Gasteiger partial charge on any atom is -0.346 e. The Morgan fingerprint density at radius 2 is 2.07 bits per heavy atom. The highest BCUT2D eigenvalue weighted by Crippen LogP contribution is 2.12. The number of nitrogens with two attached hydrogens (primary N) is 1. The molecule has 0 heterocycles. The molecule has 1 atom stereocenters. The second kappa shape index (κ2) is 8.06. The van der Waals surface area contributed by atoms with Gasteiger partial charge in [0.25, 0.3) is 0 Å². The molecular formula is C7H14ClF3N2OS. The van der Waals surface area contributed by atoms with E-state index in [1.54, 1.807) is 5.32 Å². The van der Waals surface area contributed by atoms with E-state index in [0.717, 1.165) is 0 Å². The van der Waals surface area contributed by atoms with Crippen LogP contribution in [0, 0.1) is 0 Å². The van der Waals surface area contributed by atoms with Gasteiger partial charge < -0.3 is 11.1 Å². The van der Waals surface area contributed by atoms with E-state index in [2.05, 4.69) is 0 Å². The third-order valence-corrected chi connectivity index (χ3v) is 2.08. The van der Waals surface area contributed by atoms with E-state index in [9.17, 15) is 18.0 Å². The molecule has 0 aliphatic heterocycles. The Hall–Kier alpha value is -0.140. The molecular weight excluding hydrogens is 253 g/mol. The molecule has 0 radical (unpaired) electrons. The Kier molecular flexibility index (Phi) is 9.28. The van der Waals surface area contributed by atoms with Gasteiger partial charge in [0.05, 0.1) is 6.04 Å². The van der Waals surface area contributed by atoms with Crippen LogP contribution in [0.1, 0.15) is 6.42 Å². The summed E-state index contributed by atoms with van der Waals surface area (Å²) in [6.45, 7) is -1.32. The quantitative estimate of drug-likeness (QED) is 0.785. The second-order valence-corrected chi connectivity index (χ2v) is 3.71. The molecule has 3 N–H and O–H groups in total. The highest BCUT2D eigenvalue weighted by Gasteiger charge is 2.28. The zero-order valence-corrected chi connectivity index (χ0v) is 9.77. The number of hydrogen-bond donors (Lipinski definition) is 2. The van der Waals surface area contributed by atoms with Gasteiger partial charge in [-0.05, 0) is 18.4 Å². The van der Waals surface area contributed by atoms with Crippen LogP contribution >= 0.6 is 24.2 Å². The van der Waals surface area contributed by atoms with Gasteiger partial charge in [0.15, 0.2) is 0 Å². The van der Waals surface area contributed by atoms with Gasteiger partial charge in [-0.15, -0.1) is 12.4 Å². The summed E-state index contributed by atoms with van der Waals surface area (Å²) >= 11 is 1.49. The molecule has 3 nitrogen and oxygen atoms in total. The van der Waals surface area contributed by atoms with E-state index >= 15 is 0 Å². The number of amides is 1. The number of hydrogen-bond acceptors (Lipinski definition) is 3. The topological polar surface area (TPSA) is 55.1 Å². The number of alkyl halides is 3. The molecule has 0 aromatic carbocycles. The number of halogens is 4. The van der Waals surface area contributed by atoms with E-state index < -0.39 is 24.7 Å². The summed E-state index contributed by atoms with van der Waals surface area (Å²) in [4.78, 5) is 11.0. The normalized spacial score (nSPS) is 12.9. The second-order valence-electron chi connectivity index (χ2n) is 2.72. The number of carbonyl (C=O) groups is 1. The summed E-state index contributed by atoms with van der Waals surface area (Å²) in [6, 6.07) is -0.857. The zero-order valence-electron chi connectivity index (χ0n) is 8.13. The summed E-state index contributed by atoms with van der Waals surface area (Å²) in [5.74, 6) is -0.1000. The molecule has 0 bridgehead atoms.